The van der Waals surface area contributed by atoms with Gasteiger partial charge in [0.1, 0.15) is 0 Å². The van der Waals surface area contributed by atoms with Crippen LogP contribution in [0.1, 0.15) is 101 Å². The summed E-state index contributed by atoms with van der Waals surface area (Å²) < 4.78 is 0. The van der Waals surface area contributed by atoms with E-state index in [-0.39, 0.29) is 34.0 Å². The zero-order valence-corrected chi connectivity index (χ0v) is 21.2. The van der Waals surface area contributed by atoms with Gasteiger partial charge in [-0.3, -0.25) is 9.59 Å². The van der Waals surface area contributed by atoms with Gasteiger partial charge in [0.05, 0.1) is 0 Å². The van der Waals surface area contributed by atoms with E-state index in [0.717, 1.165) is 32.1 Å². The first-order valence-electron chi connectivity index (χ1n) is 11.9. The molecule has 180 valence electrons. The summed E-state index contributed by atoms with van der Waals surface area (Å²) in [5.74, 6) is -3.78. The molecule has 2 aliphatic rings. The molecule has 0 radical (unpaired) electrons. The van der Waals surface area contributed by atoms with Crippen LogP contribution in [0.15, 0.2) is 0 Å². The van der Waals surface area contributed by atoms with Crippen molar-refractivity contribution in [3.8, 4) is 0 Å². The van der Waals surface area contributed by atoms with Crippen LogP contribution < -0.4 is 10.6 Å². The minimum Gasteiger partial charge on any atom is -0.481 e. The molecule has 4 N–H and O–H groups in total. The summed E-state index contributed by atoms with van der Waals surface area (Å²) in [7, 11) is 0. The Morgan fingerprint density at radius 1 is 0.774 bits per heavy atom. The van der Waals surface area contributed by atoms with Crippen molar-refractivity contribution in [2.45, 2.75) is 123 Å². The molecule has 0 atom stereocenters. The van der Waals surface area contributed by atoms with Gasteiger partial charge in [-0.25, -0.2) is 0 Å². The summed E-state index contributed by atoms with van der Waals surface area (Å²) in [5, 5.41) is 28.0. The molecule has 2 fully saturated rings. The molecular weight excluding hydrogens is 392 g/mol. The normalized spacial score (nSPS) is 26.0. The molecule has 0 unspecified atom stereocenters. The second kappa shape index (κ2) is 8.33. The number of hydrogen-bond donors (Lipinski definition) is 4. The minimum absolute atomic E-state index is 0.00519. The van der Waals surface area contributed by atoms with Crippen LogP contribution in [0.5, 0.6) is 0 Å². The lowest BCUT2D eigenvalue weighted by Crippen LogP contribution is -2.66. The molecule has 2 saturated heterocycles. The maximum atomic E-state index is 12.6. The van der Waals surface area contributed by atoms with Gasteiger partial charge in [-0.1, -0.05) is 13.3 Å². The van der Waals surface area contributed by atoms with E-state index in [2.05, 4.69) is 72.9 Å². The molecule has 2 rings (SSSR count). The van der Waals surface area contributed by atoms with E-state index in [1.165, 1.54) is 0 Å². The fourth-order valence-electron chi connectivity index (χ4n) is 7.76. The summed E-state index contributed by atoms with van der Waals surface area (Å²) in [6, 6.07) is 0. The third kappa shape index (κ3) is 5.62. The summed E-state index contributed by atoms with van der Waals surface area (Å²) in [4.78, 5) is 25.2. The van der Waals surface area contributed by atoms with Crippen molar-refractivity contribution in [3.05, 3.63) is 0 Å². The van der Waals surface area contributed by atoms with Crippen LogP contribution in [0.25, 0.3) is 0 Å². The number of carboxylic acids is 2. The largest absolute Gasteiger partial charge is 0.481 e. The average Bonchev–Trinajstić information content (AvgIpc) is 2.47. The van der Waals surface area contributed by atoms with Crippen LogP contribution >= 0.6 is 0 Å². The smallest absolute Gasteiger partial charge is 0.318 e. The van der Waals surface area contributed by atoms with Gasteiger partial charge < -0.3 is 20.8 Å². The Balaban J connectivity index is 2.76. The highest BCUT2D eigenvalue weighted by Crippen LogP contribution is 2.58. The summed E-state index contributed by atoms with van der Waals surface area (Å²) in [5.41, 5.74) is -1.56. The molecular formula is C25H46N2O4. The van der Waals surface area contributed by atoms with E-state index in [1.807, 2.05) is 0 Å². The second-order valence-electron chi connectivity index (χ2n) is 13.0. The summed E-state index contributed by atoms with van der Waals surface area (Å²) in [6.07, 6.45) is 4.49. The predicted octanol–water partition coefficient (Wildman–Crippen LogP) is 4.67. The summed E-state index contributed by atoms with van der Waals surface area (Å²) in [6.45, 7) is 19.3. The SMILES string of the molecule is CCCC(C1CC(C)(C)NC(C)(C)C1)(C1CC(C)(C)NC(C)(C)C1)C(C(=O)O)C(=O)O. The number of piperidine rings is 2. The number of carboxylic acid groups (broad SMARTS) is 2. The lowest BCUT2D eigenvalue weighted by molar-refractivity contribution is -0.175. The van der Waals surface area contributed by atoms with Crippen LogP contribution in [0.2, 0.25) is 0 Å². The lowest BCUT2D eigenvalue weighted by Gasteiger charge is -2.60. The minimum atomic E-state index is -1.41. The average molecular weight is 439 g/mol. The van der Waals surface area contributed by atoms with Gasteiger partial charge in [0, 0.05) is 27.6 Å². The maximum absolute atomic E-state index is 12.6. The topological polar surface area (TPSA) is 98.7 Å². The van der Waals surface area contributed by atoms with Crippen LogP contribution in [0.4, 0.5) is 0 Å². The Labute approximate surface area is 188 Å². The predicted molar refractivity (Wildman–Crippen MR) is 124 cm³/mol. The van der Waals surface area contributed by atoms with Crippen LogP contribution in [-0.4, -0.2) is 44.3 Å². The first-order chi connectivity index (χ1) is 13.9. The second-order valence-corrected chi connectivity index (χ2v) is 13.0. The monoisotopic (exact) mass is 438 g/mol. The van der Waals surface area contributed by atoms with Gasteiger partial charge in [0.2, 0.25) is 0 Å². The van der Waals surface area contributed by atoms with E-state index in [4.69, 9.17) is 0 Å². The Morgan fingerprint density at radius 3 is 1.29 bits per heavy atom. The maximum Gasteiger partial charge on any atom is 0.318 e. The number of nitrogens with one attached hydrogen (secondary N) is 2. The van der Waals surface area contributed by atoms with Gasteiger partial charge in [0.15, 0.2) is 5.92 Å². The molecule has 2 aliphatic heterocycles. The number of aliphatic carboxylic acids is 2. The van der Waals surface area contributed by atoms with E-state index in [9.17, 15) is 19.8 Å². The number of hydrogen-bond acceptors (Lipinski definition) is 4. The van der Waals surface area contributed by atoms with Crippen molar-refractivity contribution >= 4 is 11.9 Å². The number of rotatable bonds is 7. The van der Waals surface area contributed by atoms with Gasteiger partial charge >= 0.3 is 11.9 Å². The Morgan fingerprint density at radius 2 is 1.06 bits per heavy atom. The molecule has 31 heavy (non-hydrogen) atoms. The standard InChI is InChI=1S/C25H46N2O4/c1-10-11-25(18(19(28)29)20(30)31,16-12-21(2,3)26-22(4,5)13-16)17-14-23(6,7)27-24(8,9)15-17/h16-18,26-27H,10-15H2,1-9H3,(H,28,29)(H,30,31). The third-order valence-electron chi connectivity index (χ3n) is 7.61. The van der Waals surface area contributed by atoms with Crippen molar-refractivity contribution in [2.75, 3.05) is 0 Å². The third-order valence-corrected chi connectivity index (χ3v) is 7.61. The van der Waals surface area contributed by atoms with E-state index in [0.29, 0.717) is 6.42 Å². The van der Waals surface area contributed by atoms with Gasteiger partial charge in [-0.15, -0.1) is 0 Å². The highest BCUT2D eigenvalue weighted by molar-refractivity contribution is 5.94. The first-order valence-corrected chi connectivity index (χ1v) is 11.9. The van der Waals surface area contributed by atoms with Crippen LogP contribution in [0, 0.1) is 23.2 Å². The molecule has 0 spiro atoms. The van der Waals surface area contributed by atoms with Crippen molar-refractivity contribution in [1.29, 1.82) is 0 Å². The van der Waals surface area contributed by atoms with Crippen LogP contribution in [-0.2, 0) is 9.59 Å². The Hall–Kier alpha value is -1.14. The quantitative estimate of drug-likeness (QED) is 0.431. The molecule has 0 saturated carbocycles. The summed E-state index contributed by atoms with van der Waals surface area (Å²) >= 11 is 0. The Bertz CT molecular complexity index is 612. The van der Waals surface area contributed by atoms with Crippen molar-refractivity contribution in [1.82, 2.24) is 10.6 Å². The van der Waals surface area contributed by atoms with Crippen molar-refractivity contribution < 1.29 is 19.8 Å². The molecule has 0 aromatic rings. The van der Waals surface area contributed by atoms with Crippen LogP contribution in [0.3, 0.4) is 0 Å². The van der Waals surface area contributed by atoms with E-state index < -0.39 is 23.3 Å². The zero-order chi connectivity index (χ0) is 24.0. The van der Waals surface area contributed by atoms with Gasteiger partial charge in [-0.2, -0.15) is 0 Å². The lowest BCUT2D eigenvalue weighted by atomic mass is 9.48. The van der Waals surface area contributed by atoms with Gasteiger partial charge in [-0.05, 0) is 99.3 Å². The molecule has 0 aromatic carbocycles. The molecule has 0 bridgehead atoms. The molecule has 0 amide bonds. The first kappa shape index (κ1) is 26.1. The molecule has 6 nitrogen and oxygen atoms in total. The van der Waals surface area contributed by atoms with Crippen molar-refractivity contribution in [2.24, 2.45) is 23.2 Å². The highest BCUT2D eigenvalue weighted by Gasteiger charge is 2.61. The van der Waals surface area contributed by atoms with E-state index >= 15 is 0 Å². The molecule has 0 aliphatic carbocycles. The zero-order valence-electron chi connectivity index (χ0n) is 21.2. The fourth-order valence-corrected chi connectivity index (χ4v) is 7.76. The highest BCUT2D eigenvalue weighted by atomic mass is 16.4. The van der Waals surface area contributed by atoms with Gasteiger partial charge in [0.25, 0.3) is 0 Å². The Kier molecular flexibility index (Phi) is 7.02. The fraction of sp³-hybridized carbons (Fsp3) is 0.920. The van der Waals surface area contributed by atoms with Crippen molar-refractivity contribution in [3.63, 3.8) is 0 Å². The van der Waals surface area contributed by atoms with E-state index in [1.54, 1.807) is 0 Å². The molecule has 6 heteroatoms. The number of carbonyl (C=O) groups is 2. The molecule has 0 aromatic heterocycles. The molecule has 2 heterocycles.